The average molecular weight is 189 g/mol. The number of hydrogen-bond acceptors (Lipinski definition) is 2. The fourth-order valence-electron chi connectivity index (χ4n) is 2.23. The summed E-state index contributed by atoms with van der Waals surface area (Å²) in [6.45, 7) is 1.43. The molecule has 1 saturated carbocycles. The van der Waals surface area contributed by atoms with Crippen molar-refractivity contribution in [1.29, 1.82) is 0 Å². The quantitative estimate of drug-likeness (QED) is 0.708. The van der Waals surface area contributed by atoms with E-state index in [-0.39, 0.29) is 5.54 Å². The lowest BCUT2D eigenvalue weighted by Crippen LogP contribution is -2.50. The molecule has 0 saturated heterocycles. The van der Waals surface area contributed by atoms with Crippen LogP contribution in [0.5, 0.6) is 0 Å². The molecule has 0 aromatic rings. The Bertz CT molecular complexity index is 165. The summed E-state index contributed by atoms with van der Waals surface area (Å²) in [6.07, 6.45) is 3.89. The zero-order valence-corrected chi connectivity index (χ0v) is 8.30. The lowest BCUT2D eigenvalue weighted by molar-refractivity contribution is 0.0712. The van der Waals surface area contributed by atoms with Gasteiger partial charge in [-0.1, -0.05) is 19.8 Å². The Hall–Kier alpha value is -0.150. The summed E-state index contributed by atoms with van der Waals surface area (Å²) in [5.74, 6) is 0.405. The van der Waals surface area contributed by atoms with E-state index in [1.807, 2.05) is 0 Å². The second kappa shape index (κ2) is 4.38. The molecule has 13 heavy (non-hydrogen) atoms. The second-order valence-corrected chi connectivity index (χ2v) is 4.39. The molecule has 0 aliphatic heterocycles. The van der Waals surface area contributed by atoms with Crippen LogP contribution in [0.25, 0.3) is 0 Å². The first kappa shape index (κ1) is 10.9. The number of aliphatic hydroxyl groups is 1. The van der Waals surface area contributed by atoms with Gasteiger partial charge < -0.3 is 10.8 Å². The number of rotatable bonds is 3. The van der Waals surface area contributed by atoms with Crippen molar-refractivity contribution in [1.82, 2.24) is 0 Å². The Kier molecular flexibility index (Phi) is 3.68. The molecule has 78 valence electrons. The number of aliphatic hydroxyl groups excluding tert-OH is 1. The minimum atomic E-state index is -0.870. The number of hydrogen-bond donors (Lipinski definition) is 2. The molecule has 3 N–H and O–H groups in total. The summed E-state index contributed by atoms with van der Waals surface area (Å²) in [4.78, 5) is 0. The Morgan fingerprint density at radius 2 is 2.31 bits per heavy atom. The van der Waals surface area contributed by atoms with Crippen molar-refractivity contribution in [2.75, 3.05) is 6.67 Å². The normalized spacial score (nSPS) is 37.4. The molecule has 0 aromatic heterocycles. The van der Waals surface area contributed by atoms with E-state index in [2.05, 4.69) is 6.92 Å². The van der Waals surface area contributed by atoms with Gasteiger partial charge in [-0.3, -0.25) is 0 Å². The second-order valence-electron chi connectivity index (χ2n) is 4.39. The highest BCUT2D eigenvalue weighted by atomic mass is 19.1. The van der Waals surface area contributed by atoms with Crippen LogP contribution in [0.3, 0.4) is 0 Å². The van der Waals surface area contributed by atoms with Crippen molar-refractivity contribution in [3.63, 3.8) is 0 Å². The Balaban J connectivity index is 2.51. The van der Waals surface area contributed by atoms with Gasteiger partial charge in [-0.25, -0.2) is 4.39 Å². The summed E-state index contributed by atoms with van der Waals surface area (Å²) in [5.41, 5.74) is 5.82. The number of alkyl halides is 1. The summed E-state index contributed by atoms with van der Waals surface area (Å²) in [5, 5.41) is 9.24. The van der Waals surface area contributed by atoms with Gasteiger partial charge in [-0.05, 0) is 25.2 Å². The Labute approximate surface area is 79.3 Å². The SMILES string of the molecule is CC1CCCCC1(N)CC(O)CF. The van der Waals surface area contributed by atoms with Gasteiger partial charge in [0.05, 0.1) is 6.10 Å². The topological polar surface area (TPSA) is 46.2 Å². The molecule has 0 spiro atoms. The molecule has 0 bridgehead atoms. The average Bonchev–Trinajstić information content (AvgIpc) is 2.10. The molecule has 3 atom stereocenters. The predicted molar refractivity (Wildman–Crippen MR) is 51.1 cm³/mol. The molecular weight excluding hydrogens is 169 g/mol. The first-order valence-electron chi connectivity index (χ1n) is 5.11. The van der Waals surface area contributed by atoms with Gasteiger partial charge in [-0.2, -0.15) is 0 Å². The van der Waals surface area contributed by atoms with Crippen LogP contribution in [-0.2, 0) is 0 Å². The van der Waals surface area contributed by atoms with Crippen LogP contribution in [0.2, 0.25) is 0 Å². The molecule has 1 aliphatic rings. The van der Waals surface area contributed by atoms with Crippen LogP contribution in [0, 0.1) is 5.92 Å². The van der Waals surface area contributed by atoms with Crippen molar-refractivity contribution in [3.05, 3.63) is 0 Å². The third-order valence-electron chi connectivity index (χ3n) is 3.30. The van der Waals surface area contributed by atoms with Crippen molar-refractivity contribution >= 4 is 0 Å². The lowest BCUT2D eigenvalue weighted by atomic mass is 9.71. The maximum absolute atomic E-state index is 12.1. The minimum Gasteiger partial charge on any atom is -0.390 e. The Morgan fingerprint density at radius 1 is 1.62 bits per heavy atom. The molecule has 3 heteroatoms. The smallest absolute Gasteiger partial charge is 0.115 e. The summed E-state index contributed by atoms with van der Waals surface area (Å²) >= 11 is 0. The third-order valence-corrected chi connectivity index (χ3v) is 3.30. The van der Waals surface area contributed by atoms with Crippen molar-refractivity contribution in [3.8, 4) is 0 Å². The van der Waals surface area contributed by atoms with Gasteiger partial charge in [0.2, 0.25) is 0 Å². The monoisotopic (exact) mass is 189 g/mol. The van der Waals surface area contributed by atoms with Crippen molar-refractivity contribution in [2.24, 2.45) is 11.7 Å². The number of halogens is 1. The van der Waals surface area contributed by atoms with Gasteiger partial charge in [0, 0.05) is 5.54 Å². The fraction of sp³-hybridized carbons (Fsp3) is 1.00. The molecule has 3 unspecified atom stereocenters. The van der Waals surface area contributed by atoms with Crippen LogP contribution in [0.15, 0.2) is 0 Å². The molecule has 0 heterocycles. The van der Waals surface area contributed by atoms with E-state index in [9.17, 15) is 9.50 Å². The van der Waals surface area contributed by atoms with E-state index in [0.717, 1.165) is 19.3 Å². The van der Waals surface area contributed by atoms with Crippen LogP contribution in [0.1, 0.15) is 39.0 Å². The largest absolute Gasteiger partial charge is 0.390 e. The molecule has 1 fully saturated rings. The molecule has 0 radical (unpaired) electrons. The molecule has 1 rings (SSSR count). The van der Waals surface area contributed by atoms with Crippen LogP contribution >= 0.6 is 0 Å². The standard InChI is InChI=1S/C10H20FNO/c1-8-4-2-3-5-10(8,12)6-9(13)7-11/h8-9,13H,2-7,12H2,1H3. The maximum atomic E-state index is 12.1. The van der Waals surface area contributed by atoms with Gasteiger partial charge >= 0.3 is 0 Å². The van der Waals surface area contributed by atoms with E-state index in [1.54, 1.807) is 0 Å². The summed E-state index contributed by atoms with van der Waals surface area (Å²) < 4.78 is 12.1. The van der Waals surface area contributed by atoms with Gasteiger partial charge in [-0.15, -0.1) is 0 Å². The molecule has 0 amide bonds. The summed E-state index contributed by atoms with van der Waals surface area (Å²) in [6, 6.07) is 0. The third kappa shape index (κ3) is 2.64. The highest BCUT2D eigenvalue weighted by molar-refractivity contribution is 4.93. The van der Waals surface area contributed by atoms with Crippen LogP contribution < -0.4 is 5.73 Å². The highest BCUT2D eigenvalue weighted by Crippen LogP contribution is 2.34. The van der Waals surface area contributed by atoms with Crippen LogP contribution in [0.4, 0.5) is 4.39 Å². The van der Waals surface area contributed by atoms with E-state index in [1.165, 1.54) is 6.42 Å². The molecule has 0 aromatic carbocycles. The molecule has 2 nitrogen and oxygen atoms in total. The van der Waals surface area contributed by atoms with E-state index in [0.29, 0.717) is 12.3 Å². The highest BCUT2D eigenvalue weighted by Gasteiger charge is 2.35. The lowest BCUT2D eigenvalue weighted by Gasteiger charge is -2.40. The van der Waals surface area contributed by atoms with Gasteiger partial charge in [0.1, 0.15) is 6.67 Å². The Morgan fingerprint density at radius 3 is 2.85 bits per heavy atom. The predicted octanol–water partition coefficient (Wildman–Crippen LogP) is 1.61. The van der Waals surface area contributed by atoms with Crippen molar-refractivity contribution < 1.29 is 9.50 Å². The summed E-state index contributed by atoms with van der Waals surface area (Å²) in [7, 11) is 0. The van der Waals surface area contributed by atoms with E-state index < -0.39 is 12.8 Å². The van der Waals surface area contributed by atoms with Gasteiger partial charge in [0.15, 0.2) is 0 Å². The maximum Gasteiger partial charge on any atom is 0.115 e. The zero-order valence-electron chi connectivity index (χ0n) is 8.30. The molecule has 1 aliphatic carbocycles. The molecular formula is C10H20FNO. The zero-order chi connectivity index (χ0) is 9.90. The first-order valence-corrected chi connectivity index (χ1v) is 5.11. The fourth-order valence-corrected chi connectivity index (χ4v) is 2.23. The minimum absolute atomic E-state index is 0.330. The van der Waals surface area contributed by atoms with E-state index in [4.69, 9.17) is 5.73 Å². The van der Waals surface area contributed by atoms with E-state index >= 15 is 0 Å². The number of nitrogens with two attached hydrogens (primary N) is 1. The van der Waals surface area contributed by atoms with Crippen LogP contribution in [-0.4, -0.2) is 23.4 Å². The van der Waals surface area contributed by atoms with Crippen molar-refractivity contribution in [2.45, 2.75) is 50.7 Å². The first-order chi connectivity index (χ1) is 6.08. The van der Waals surface area contributed by atoms with Gasteiger partial charge in [0.25, 0.3) is 0 Å².